The van der Waals surface area contributed by atoms with Gasteiger partial charge >= 0.3 is 0 Å². The van der Waals surface area contributed by atoms with E-state index in [1.165, 1.54) is 12.1 Å². The Morgan fingerprint density at radius 3 is 2.48 bits per heavy atom. The van der Waals surface area contributed by atoms with Crippen molar-refractivity contribution in [1.29, 1.82) is 0 Å². The molecule has 0 unspecified atom stereocenters. The van der Waals surface area contributed by atoms with Crippen molar-refractivity contribution in [2.75, 3.05) is 6.54 Å². The van der Waals surface area contributed by atoms with Gasteiger partial charge in [0.05, 0.1) is 0 Å². The monoisotopic (exact) mass is 367 g/mol. The van der Waals surface area contributed by atoms with Crippen LogP contribution in [-0.2, 0) is 13.0 Å². The molecule has 0 fully saturated rings. The summed E-state index contributed by atoms with van der Waals surface area (Å²) < 4.78 is 23.5. The Balaban J connectivity index is 1.53. The Labute approximate surface area is 155 Å². The van der Waals surface area contributed by atoms with Gasteiger partial charge in [-0.25, -0.2) is 4.39 Å². The molecule has 1 amide bonds. The predicted octanol–water partition coefficient (Wildman–Crippen LogP) is 3.33. The average Bonchev–Trinajstić information content (AvgIpc) is 2.69. The fourth-order valence-electron chi connectivity index (χ4n) is 2.42. The molecule has 0 atom stereocenters. The van der Waals surface area contributed by atoms with E-state index in [9.17, 15) is 14.0 Å². The molecule has 2 aromatic carbocycles. The van der Waals surface area contributed by atoms with E-state index in [2.05, 4.69) is 5.32 Å². The van der Waals surface area contributed by atoms with Crippen molar-refractivity contribution >= 4 is 5.91 Å². The zero-order valence-electron chi connectivity index (χ0n) is 14.5. The Kier molecular flexibility index (Phi) is 5.99. The summed E-state index contributed by atoms with van der Waals surface area (Å²) in [4.78, 5) is 24.2. The summed E-state index contributed by atoms with van der Waals surface area (Å²) in [5, 5.41) is 2.66. The normalized spacial score (nSPS) is 10.4. The first-order valence-electron chi connectivity index (χ1n) is 8.44. The Hall–Kier alpha value is -3.41. The van der Waals surface area contributed by atoms with Crippen LogP contribution in [0.15, 0.2) is 76.1 Å². The lowest BCUT2D eigenvalue weighted by Gasteiger charge is -2.07. The number of hydrogen-bond donors (Lipinski definition) is 1. The molecule has 0 aliphatic rings. The summed E-state index contributed by atoms with van der Waals surface area (Å²) in [5.41, 5.74) is 1.38. The summed E-state index contributed by atoms with van der Waals surface area (Å²) in [5.74, 6) is -0.851. The highest BCUT2D eigenvalue weighted by Crippen LogP contribution is 2.09. The highest BCUT2D eigenvalue weighted by atomic mass is 19.1. The van der Waals surface area contributed by atoms with Gasteiger partial charge in [0.15, 0.2) is 5.76 Å². The molecule has 6 heteroatoms. The van der Waals surface area contributed by atoms with Gasteiger partial charge in [-0.15, -0.1) is 0 Å². The number of carbonyl (C=O) groups is 1. The van der Waals surface area contributed by atoms with Crippen LogP contribution < -0.4 is 15.5 Å². The van der Waals surface area contributed by atoms with Gasteiger partial charge in [-0.3, -0.25) is 9.59 Å². The van der Waals surface area contributed by atoms with E-state index >= 15 is 0 Å². The molecular formula is C21H18FNO4. The van der Waals surface area contributed by atoms with Crippen LogP contribution >= 0.6 is 0 Å². The number of hydrogen-bond acceptors (Lipinski definition) is 4. The predicted molar refractivity (Wildman–Crippen MR) is 98.2 cm³/mol. The third-order valence-corrected chi connectivity index (χ3v) is 3.87. The third-order valence-electron chi connectivity index (χ3n) is 3.87. The Bertz CT molecular complexity index is 952. The summed E-state index contributed by atoms with van der Waals surface area (Å²) in [6, 6.07) is 16.5. The SMILES string of the molecule is O=C(NCCc1ccc(F)cc1)c1cc(=O)c(OCc2ccccc2)co1. The first kappa shape index (κ1) is 18.4. The molecule has 0 spiro atoms. The van der Waals surface area contributed by atoms with E-state index in [0.717, 1.165) is 23.5 Å². The van der Waals surface area contributed by atoms with Crippen LogP contribution in [0.25, 0.3) is 0 Å². The van der Waals surface area contributed by atoms with Crippen LogP contribution in [0.2, 0.25) is 0 Å². The molecule has 1 heterocycles. The third kappa shape index (κ3) is 5.28. The molecule has 1 N–H and O–H groups in total. The van der Waals surface area contributed by atoms with E-state index in [-0.39, 0.29) is 23.9 Å². The van der Waals surface area contributed by atoms with Gasteiger partial charge in [-0.1, -0.05) is 42.5 Å². The van der Waals surface area contributed by atoms with Gasteiger partial charge in [0, 0.05) is 12.6 Å². The highest BCUT2D eigenvalue weighted by Gasteiger charge is 2.12. The van der Waals surface area contributed by atoms with Gasteiger partial charge in [-0.2, -0.15) is 0 Å². The average molecular weight is 367 g/mol. The number of rotatable bonds is 7. The quantitative estimate of drug-likeness (QED) is 0.696. The number of nitrogens with one attached hydrogen (secondary N) is 1. The molecule has 1 aromatic heterocycles. The van der Waals surface area contributed by atoms with Gasteiger partial charge in [0.25, 0.3) is 5.91 Å². The number of ether oxygens (including phenoxy) is 1. The summed E-state index contributed by atoms with van der Waals surface area (Å²) >= 11 is 0. The number of benzene rings is 2. The standard InChI is InChI=1S/C21H18FNO4/c22-17-8-6-15(7-9-17)10-11-23-21(25)19-12-18(24)20(14-27-19)26-13-16-4-2-1-3-5-16/h1-9,12,14H,10-11,13H2,(H,23,25). The minimum Gasteiger partial charge on any atom is -0.482 e. The lowest BCUT2D eigenvalue weighted by atomic mass is 10.1. The summed E-state index contributed by atoms with van der Waals surface area (Å²) in [7, 11) is 0. The first-order valence-corrected chi connectivity index (χ1v) is 8.44. The molecule has 3 aromatic rings. The number of amides is 1. The second-order valence-electron chi connectivity index (χ2n) is 5.88. The molecule has 27 heavy (non-hydrogen) atoms. The minimum atomic E-state index is -0.496. The second-order valence-corrected chi connectivity index (χ2v) is 5.88. The van der Waals surface area contributed by atoms with Crippen LogP contribution in [0.3, 0.4) is 0 Å². The van der Waals surface area contributed by atoms with Crippen molar-refractivity contribution < 1.29 is 18.3 Å². The minimum absolute atomic E-state index is 0.0433. The lowest BCUT2D eigenvalue weighted by molar-refractivity contribution is 0.0923. The van der Waals surface area contributed by atoms with E-state index in [1.807, 2.05) is 30.3 Å². The van der Waals surface area contributed by atoms with Crippen LogP contribution in [0.1, 0.15) is 21.7 Å². The molecule has 3 rings (SSSR count). The Morgan fingerprint density at radius 1 is 1.04 bits per heavy atom. The maximum Gasteiger partial charge on any atom is 0.287 e. The van der Waals surface area contributed by atoms with Crippen LogP contribution in [0.5, 0.6) is 5.75 Å². The summed E-state index contributed by atoms with van der Waals surface area (Å²) in [6.07, 6.45) is 1.68. The largest absolute Gasteiger partial charge is 0.482 e. The van der Waals surface area contributed by atoms with Gasteiger partial charge in [0.2, 0.25) is 11.2 Å². The lowest BCUT2D eigenvalue weighted by Crippen LogP contribution is -2.26. The molecule has 0 saturated heterocycles. The van der Waals surface area contributed by atoms with Gasteiger partial charge < -0.3 is 14.5 Å². The van der Waals surface area contributed by atoms with Crippen LogP contribution in [0, 0.1) is 5.82 Å². The van der Waals surface area contributed by atoms with Crippen molar-refractivity contribution in [3.63, 3.8) is 0 Å². The van der Waals surface area contributed by atoms with Crippen molar-refractivity contribution in [2.45, 2.75) is 13.0 Å². The number of halogens is 1. The molecule has 0 bridgehead atoms. The van der Waals surface area contributed by atoms with Crippen LogP contribution in [-0.4, -0.2) is 12.5 Å². The Morgan fingerprint density at radius 2 is 1.78 bits per heavy atom. The number of carbonyl (C=O) groups excluding carboxylic acids is 1. The van der Waals surface area contributed by atoms with E-state index in [4.69, 9.17) is 9.15 Å². The highest BCUT2D eigenvalue weighted by molar-refractivity contribution is 5.91. The molecule has 0 aliphatic carbocycles. The van der Waals surface area contributed by atoms with Gasteiger partial charge in [0.1, 0.15) is 18.7 Å². The maximum absolute atomic E-state index is 12.9. The molecule has 0 aliphatic heterocycles. The fraction of sp³-hybridized carbons (Fsp3) is 0.143. The maximum atomic E-state index is 12.9. The van der Waals surface area contributed by atoms with Crippen molar-refractivity contribution in [2.24, 2.45) is 0 Å². The topological polar surface area (TPSA) is 68.5 Å². The van der Waals surface area contributed by atoms with E-state index in [0.29, 0.717) is 13.0 Å². The molecule has 5 nitrogen and oxygen atoms in total. The second kappa shape index (κ2) is 8.80. The smallest absolute Gasteiger partial charge is 0.287 e. The fourth-order valence-corrected chi connectivity index (χ4v) is 2.42. The summed E-state index contributed by atoms with van der Waals surface area (Å²) in [6.45, 7) is 0.565. The van der Waals surface area contributed by atoms with Crippen molar-refractivity contribution in [3.05, 3.63) is 99.9 Å². The first-order chi connectivity index (χ1) is 13.1. The van der Waals surface area contributed by atoms with Crippen LogP contribution in [0.4, 0.5) is 4.39 Å². The molecule has 138 valence electrons. The van der Waals surface area contributed by atoms with Gasteiger partial charge in [-0.05, 0) is 29.7 Å². The zero-order chi connectivity index (χ0) is 19.1. The molecule has 0 saturated carbocycles. The molecule has 0 radical (unpaired) electrons. The zero-order valence-corrected chi connectivity index (χ0v) is 14.5. The van der Waals surface area contributed by atoms with Crippen molar-refractivity contribution in [3.8, 4) is 5.75 Å². The molecular weight excluding hydrogens is 349 g/mol. The van der Waals surface area contributed by atoms with Crippen molar-refractivity contribution in [1.82, 2.24) is 5.32 Å². The van der Waals surface area contributed by atoms with E-state index < -0.39 is 11.3 Å². The van der Waals surface area contributed by atoms with E-state index in [1.54, 1.807) is 12.1 Å².